The molecular weight excluding hydrogens is 184 g/mol. The molecule has 0 aromatic rings. The standard InChI is InChI=1S/C14H22O/c1-9(14(2,3)4)13(15)12-8-10-5-6-11(12)7-10/h10-12H,1,5-8H2,2-4H3. The molecule has 1 heteroatoms. The Balaban J connectivity index is 2.06. The first kappa shape index (κ1) is 10.9. The third-order valence-electron chi connectivity index (χ3n) is 4.28. The van der Waals surface area contributed by atoms with Crippen LogP contribution >= 0.6 is 0 Å². The van der Waals surface area contributed by atoms with Gasteiger partial charge >= 0.3 is 0 Å². The second-order valence-corrected chi connectivity index (χ2v) is 6.37. The van der Waals surface area contributed by atoms with E-state index in [-0.39, 0.29) is 5.41 Å². The van der Waals surface area contributed by atoms with Crippen LogP contribution in [0.2, 0.25) is 0 Å². The Morgan fingerprint density at radius 2 is 1.87 bits per heavy atom. The summed E-state index contributed by atoms with van der Waals surface area (Å²) in [6, 6.07) is 0. The van der Waals surface area contributed by atoms with Gasteiger partial charge in [-0.15, -0.1) is 0 Å². The average Bonchev–Trinajstić information content (AvgIpc) is 2.74. The molecule has 2 aliphatic rings. The van der Waals surface area contributed by atoms with Gasteiger partial charge in [-0.25, -0.2) is 0 Å². The Bertz CT molecular complexity index is 295. The molecule has 0 radical (unpaired) electrons. The summed E-state index contributed by atoms with van der Waals surface area (Å²) in [5, 5.41) is 0. The van der Waals surface area contributed by atoms with Gasteiger partial charge in [0.15, 0.2) is 5.78 Å². The first-order valence-electron chi connectivity index (χ1n) is 6.13. The van der Waals surface area contributed by atoms with E-state index in [0.29, 0.717) is 17.6 Å². The zero-order valence-electron chi connectivity index (χ0n) is 10.2. The summed E-state index contributed by atoms with van der Waals surface area (Å²) in [7, 11) is 0. The SMILES string of the molecule is C=C(C(=O)C1CC2CCC1C2)C(C)(C)C. The van der Waals surface area contributed by atoms with Crippen molar-refractivity contribution < 1.29 is 4.79 Å². The molecule has 3 atom stereocenters. The molecule has 1 nitrogen and oxygen atoms in total. The molecule has 3 unspecified atom stereocenters. The van der Waals surface area contributed by atoms with E-state index in [1.54, 1.807) is 0 Å². The second-order valence-electron chi connectivity index (χ2n) is 6.37. The number of fused-ring (bicyclic) bond motifs is 2. The zero-order chi connectivity index (χ0) is 11.2. The van der Waals surface area contributed by atoms with Crippen LogP contribution in [0.25, 0.3) is 0 Å². The largest absolute Gasteiger partial charge is 0.294 e. The van der Waals surface area contributed by atoms with Crippen molar-refractivity contribution in [2.45, 2.75) is 46.5 Å². The number of carbonyl (C=O) groups is 1. The van der Waals surface area contributed by atoms with E-state index < -0.39 is 0 Å². The smallest absolute Gasteiger partial charge is 0.162 e. The number of Topliss-reactive ketones (excluding diaryl/α,β-unsaturated/α-hetero) is 1. The number of hydrogen-bond donors (Lipinski definition) is 0. The minimum Gasteiger partial charge on any atom is -0.294 e. The zero-order valence-corrected chi connectivity index (χ0v) is 10.2. The van der Waals surface area contributed by atoms with Gasteiger partial charge in [0, 0.05) is 5.92 Å². The van der Waals surface area contributed by atoms with Gasteiger partial charge in [-0.2, -0.15) is 0 Å². The van der Waals surface area contributed by atoms with Crippen LogP contribution in [0.1, 0.15) is 46.5 Å². The molecule has 0 aromatic carbocycles. The van der Waals surface area contributed by atoms with Crippen molar-refractivity contribution in [1.29, 1.82) is 0 Å². The van der Waals surface area contributed by atoms with Crippen molar-refractivity contribution >= 4 is 5.78 Å². The van der Waals surface area contributed by atoms with Crippen LogP contribution in [0, 0.1) is 23.2 Å². The molecule has 2 rings (SSSR count). The van der Waals surface area contributed by atoms with Gasteiger partial charge in [-0.3, -0.25) is 4.79 Å². The summed E-state index contributed by atoms with van der Waals surface area (Å²) in [6.45, 7) is 10.3. The van der Waals surface area contributed by atoms with Crippen molar-refractivity contribution in [3.63, 3.8) is 0 Å². The first-order valence-corrected chi connectivity index (χ1v) is 6.13. The van der Waals surface area contributed by atoms with Crippen LogP contribution in [0.4, 0.5) is 0 Å². The fourth-order valence-electron chi connectivity index (χ4n) is 3.16. The Morgan fingerprint density at radius 1 is 1.20 bits per heavy atom. The van der Waals surface area contributed by atoms with Gasteiger partial charge in [0.2, 0.25) is 0 Å². The molecule has 0 saturated heterocycles. The Hall–Kier alpha value is -0.590. The maximum atomic E-state index is 12.3. The second kappa shape index (κ2) is 3.47. The van der Waals surface area contributed by atoms with E-state index in [9.17, 15) is 4.79 Å². The summed E-state index contributed by atoms with van der Waals surface area (Å²) >= 11 is 0. The molecule has 0 N–H and O–H groups in total. The quantitative estimate of drug-likeness (QED) is 0.631. The molecule has 84 valence electrons. The summed E-state index contributed by atoms with van der Waals surface area (Å²) in [6.07, 6.45) is 5.07. The Morgan fingerprint density at radius 3 is 2.27 bits per heavy atom. The molecular formula is C14H22O. The van der Waals surface area contributed by atoms with Gasteiger partial charge in [0.1, 0.15) is 0 Å². The average molecular weight is 206 g/mol. The van der Waals surface area contributed by atoms with Crippen LogP contribution < -0.4 is 0 Å². The minimum absolute atomic E-state index is 0.0566. The lowest BCUT2D eigenvalue weighted by Crippen LogP contribution is -2.27. The van der Waals surface area contributed by atoms with E-state index in [0.717, 1.165) is 17.9 Å². The summed E-state index contributed by atoms with van der Waals surface area (Å²) in [5.74, 6) is 2.20. The number of rotatable bonds is 2. The fourth-order valence-corrected chi connectivity index (χ4v) is 3.16. The van der Waals surface area contributed by atoms with Crippen LogP contribution in [0.15, 0.2) is 12.2 Å². The van der Waals surface area contributed by atoms with Gasteiger partial charge in [0.05, 0.1) is 0 Å². The van der Waals surface area contributed by atoms with E-state index in [2.05, 4.69) is 27.4 Å². The van der Waals surface area contributed by atoms with E-state index in [1.165, 1.54) is 19.3 Å². The first-order chi connectivity index (χ1) is 6.89. The van der Waals surface area contributed by atoms with E-state index in [4.69, 9.17) is 0 Å². The summed E-state index contributed by atoms with van der Waals surface area (Å²) in [5.41, 5.74) is 0.777. The van der Waals surface area contributed by atoms with Crippen LogP contribution in [0.3, 0.4) is 0 Å². The van der Waals surface area contributed by atoms with Crippen molar-refractivity contribution in [3.05, 3.63) is 12.2 Å². The molecule has 2 bridgehead atoms. The molecule has 0 heterocycles. The molecule has 2 aliphatic carbocycles. The highest BCUT2D eigenvalue weighted by molar-refractivity contribution is 5.98. The monoisotopic (exact) mass is 206 g/mol. The Kier molecular flexibility index (Phi) is 2.52. The van der Waals surface area contributed by atoms with Crippen molar-refractivity contribution in [2.75, 3.05) is 0 Å². The number of hydrogen-bond acceptors (Lipinski definition) is 1. The predicted octanol–water partition coefficient (Wildman–Crippen LogP) is 3.59. The van der Waals surface area contributed by atoms with Crippen molar-refractivity contribution in [2.24, 2.45) is 23.2 Å². The van der Waals surface area contributed by atoms with Crippen LogP contribution in [0.5, 0.6) is 0 Å². The number of ketones is 1. The Labute approximate surface area is 92.9 Å². The summed E-state index contributed by atoms with van der Waals surface area (Å²) < 4.78 is 0. The molecule has 2 saturated carbocycles. The van der Waals surface area contributed by atoms with Crippen molar-refractivity contribution in [1.82, 2.24) is 0 Å². The fraction of sp³-hybridized carbons (Fsp3) is 0.786. The minimum atomic E-state index is -0.0566. The van der Waals surface area contributed by atoms with Crippen LogP contribution in [-0.2, 0) is 4.79 Å². The normalized spacial score (nSPS) is 34.5. The third kappa shape index (κ3) is 1.89. The molecule has 0 aliphatic heterocycles. The maximum Gasteiger partial charge on any atom is 0.162 e. The molecule has 0 spiro atoms. The predicted molar refractivity (Wildman–Crippen MR) is 62.5 cm³/mol. The lowest BCUT2D eigenvalue weighted by molar-refractivity contribution is -0.121. The summed E-state index contributed by atoms with van der Waals surface area (Å²) in [4.78, 5) is 12.3. The number of carbonyl (C=O) groups excluding carboxylic acids is 1. The molecule has 15 heavy (non-hydrogen) atoms. The van der Waals surface area contributed by atoms with Crippen LogP contribution in [-0.4, -0.2) is 5.78 Å². The topological polar surface area (TPSA) is 17.1 Å². The molecule has 0 amide bonds. The number of allylic oxidation sites excluding steroid dienone is 1. The van der Waals surface area contributed by atoms with Gasteiger partial charge < -0.3 is 0 Å². The van der Waals surface area contributed by atoms with Gasteiger partial charge in [-0.05, 0) is 42.1 Å². The molecule has 2 fully saturated rings. The van der Waals surface area contributed by atoms with Gasteiger partial charge in [-0.1, -0.05) is 33.8 Å². The van der Waals surface area contributed by atoms with E-state index in [1.807, 2.05) is 0 Å². The molecule has 0 aromatic heterocycles. The highest BCUT2D eigenvalue weighted by Gasteiger charge is 2.44. The third-order valence-corrected chi connectivity index (χ3v) is 4.28. The maximum absolute atomic E-state index is 12.3. The van der Waals surface area contributed by atoms with Crippen molar-refractivity contribution in [3.8, 4) is 0 Å². The highest BCUT2D eigenvalue weighted by atomic mass is 16.1. The van der Waals surface area contributed by atoms with E-state index >= 15 is 0 Å². The lowest BCUT2D eigenvalue weighted by Gasteiger charge is -2.27. The lowest BCUT2D eigenvalue weighted by atomic mass is 9.76. The highest BCUT2D eigenvalue weighted by Crippen LogP contribution is 2.50. The van der Waals surface area contributed by atoms with Gasteiger partial charge in [0.25, 0.3) is 0 Å².